The quantitative estimate of drug-likeness (QED) is 0.726. The van der Waals surface area contributed by atoms with Gasteiger partial charge in [-0.15, -0.1) is 0 Å². The maximum atomic E-state index is 12.6. The Morgan fingerprint density at radius 1 is 1.32 bits per heavy atom. The molecule has 0 aliphatic carbocycles. The van der Waals surface area contributed by atoms with Gasteiger partial charge in [0.15, 0.2) is 0 Å². The zero-order chi connectivity index (χ0) is 15.9. The fraction of sp³-hybridized carbons (Fsp3) is 0.250. The lowest BCUT2D eigenvalue weighted by molar-refractivity contribution is 0.0524. The van der Waals surface area contributed by atoms with Crippen molar-refractivity contribution >= 4 is 22.6 Å². The Balaban J connectivity index is 2.53. The second kappa shape index (κ2) is 5.22. The van der Waals surface area contributed by atoms with Crippen molar-refractivity contribution < 1.29 is 14.6 Å². The molecule has 0 bridgehead atoms. The van der Waals surface area contributed by atoms with Crippen molar-refractivity contribution in [2.75, 3.05) is 6.61 Å². The number of esters is 1. The normalized spacial score (nSPS) is 11.2. The summed E-state index contributed by atoms with van der Waals surface area (Å²) in [5, 5.41) is 10.4. The predicted octanol–water partition coefficient (Wildman–Crippen LogP) is 2.23. The number of ether oxygens (including phenoxy) is 1. The lowest BCUT2D eigenvalue weighted by atomic mass is 10.1. The number of rotatable bonds is 3. The number of aromatic nitrogens is 2. The number of hydrogen-bond donors (Lipinski definition) is 2. The molecule has 0 atom stereocenters. The molecular weight excluding hydrogens is 284 g/mol. The van der Waals surface area contributed by atoms with Crippen LogP contribution in [0.2, 0.25) is 0 Å². The minimum absolute atomic E-state index is 0.00509. The average Bonchev–Trinajstić information content (AvgIpc) is 2.87. The van der Waals surface area contributed by atoms with Crippen molar-refractivity contribution in [3.8, 4) is 5.75 Å². The molecule has 0 amide bonds. The maximum Gasteiger partial charge on any atom is 0.345 e. The van der Waals surface area contributed by atoms with Gasteiger partial charge in [-0.05, 0) is 25.5 Å². The highest BCUT2D eigenvalue weighted by atomic mass is 16.5. The van der Waals surface area contributed by atoms with Crippen LogP contribution >= 0.6 is 0 Å². The van der Waals surface area contributed by atoms with Crippen LogP contribution in [0.4, 0.5) is 0 Å². The van der Waals surface area contributed by atoms with Crippen LogP contribution < -0.4 is 5.56 Å². The van der Waals surface area contributed by atoms with E-state index >= 15 is 0 Å². The molecule has 0 radical (unpaired) electrons. The van der Waals surface area contributed by atoms with Crippen LogP contribution in [0.25, 0.3) is 16.7 Å². The Morgan fingerprint density at radius 2 is 2.05 bits per heavy atom. The van der Waals surface area contributed by atoms with E-state index in [2.05, 4.69) is 4.98 Å². The minimum Gasteiger partial charge on any atom is -0.506 e. The molecule has 0 spiro atoms. The van der Waals surface area contributed by atoms with Crippen LogP contribution in [-0.4, -0.2) is 27.1 Å². The molecule has 0 fully saturated rings. The highest BCUT2D eigenvalue weighted by Crippen LogP contribution is 2.27. The van der Waals surface area contributed by atoms with Crippen molar-refractivity contribution in [3.05, 3.63) is 45.7 Å². The molecule has 6 nitrogen and oxygen atoms in total. The summed E-state index contributed by atoms with van der Waals surface area (Å²) in [6.45, 7) is 3.63. The van der Waals surface area contributed by atoms with Gasteiger partial charge in [0.2, 0.25) is 0 Å². The summed E-state index contributed by atoms with van der Waals surface area (Å²) in [6, 6.07) is 7.23. The number of nitrogens with zero attached hydrogens (tertiary/aromatic N) is 1. The zero-order valence-electron chi connectivity index (χ0n) is 12.3. The van der Waals surface area contributed by atoms with E-state index in [0.29, 0.717) is 17.5 Å². The van der Waals surface area contributed by atoms with Crippen molar-refractivity contribution in [2.24, 2.45) is 0 Å². The Hall–Kier alpha value is -2.76. The van der Waals surface area contributed by atoms with Gasteiger partial charge in [0.05, 0.1) is 23.2 Å². The summed E-state index contributed by atoms with van der Waals surface area (Å²) in [4.78, 5) is 27.9. The van der Waals surface area contributed by atoms with Gasteiger partial charge in [0, 0.05) is 0 Å². The van der Waals surface area contributed by atoms with Gasteiger partial charge in [0.25, 0.3) is 5.56 Å². The van der Waals surface area contributed by atoms with Crippen LogP contribution in [0.15, 0.2) is 29.1 Å². The summed E-state index contributed by atoms with van der Waals surface area (Å²) in [7, 11) is 0. The molecule has 0 aliphatic rings. The standard InChI is InChI=1S/C16H16N2O4/c1-3-9-13(19)12(16(21)22-4-2)14-17-10-7-5-6-8-11(10)18(14)15(9)20/h5-8,17,19H,3-4H2,1-2H3. The zero-order valence-corrected chi connectivity index (χ0v) is 12.3. The number of fused-ring (bicyclic) bond motifs is 3. The lowest BCUT2D eigenvalue weighted by Gasteiger charge is -2.09. The molecule has 114 valence electrons. The third kappa shape index (κ3) is 1.88. The van der Waals surface area contributed by atoms with E-state index in [1.165, 1.54) is 4.40 Å². The smallest absolute Gasteiger partial charge is 0.345 e. The molecule has 1 aromatic carbocycles. The molecule has 0 aliphatic heterocycles. The summed E-state index contributed by atoms with van der Waals surface area (Å²) in [6.07, 6.45) is 0.319. The van der Waals surface area contributed by atoms with Crippen molar-refractivity contribution in [1.82, 2.24) is 9.38 Å². The Bertz CT molecular complexity index is 937. The Morgan fingerprint density at radius 3 is 2.73 bits per heavy atom. The van der Waals surface area contributed by atoms with E-state index in [1.54, 1.807) is 26.0 Å². The fourth-order valence-electron chi connectivity index (χ4n) is 2.68. The molecule has 3 rings (SSSR count). The molecule has 0 unspecified atom stereocenters. The highest BCUT2D eigenvalue weighted by molar-refractivity contribution is 6.01. The third-order valence-corrected chi connectivity index (χ3v) is 3.68. The molecule has 0 saturated carbocycles. The van der Waals surface area contributed by atoms with E-state index in [1.807, 2.05) is 12.1 Å². The van der Waals surface area contributed by atoms with Crippen molar-refractivity contribution in [1.29, 1.82) is 0 Å². The summed E-state index contributed by atoms with van der Waals surface area (Å²) in [5.41, 5.74) is 1.47. The van der Waals surface area contributed by atoms with E-state index in [4.69, 9.17) is 4.74 Å². The molecule has 0 saturated heterocycles. The second-order valence-electron chi connectivity index (χ2n) is 4.91. The average molecular weight is 300 g/mol. The molecule has 3 aromatic rings. The predicted molar refractivity (Wildman–Crippen MR) is 82.5 cm³/mol. The van der Waals surface area contributed by atoms with E-state index in [0.717, 1.165) is 0 Å². The molecule has 2 N–H and O–H groups in total. The highest BCUT2D eigenvalue weighted by Gasteiger charge is 2.25. The van der Waals surface area contributed by atoms with Gasteiger partial charge < -0.3 is 14.8 Å². The van der Waals surface area contributed by atoms with Gasteiger partial charge in [-0.3, -0.25) is 9.20 Å². The monoisotopic (exact) mass is 300 g/mol. The van der Waals surface area contributed by atoms with Gasteiger partial charge in [-0.25, -0.2) is 4.79 Å². The fourth-order valence-corrected chi connectivity index (χ4v) is 2.68. The first-order chi connectivity index (χ1) is 10.6. The number of aromatic amines is 1. The van der Waals surface area contributed by atoms with Crippen LogP contribution in [0, 0.1) is 0 Å². The number of aromatic hydroxyl groups is 1. The Kier molecular flexibility index (Phi) is 3.36. The maximum absolute atomic E-state index is 12.6. The second-order valence-corrected chi connectivity index (χ2v) is 4.91. The first kappa shape index (κ1) is 14.2. The topological polar surface area (TPSA) is 83.8 Å². The van der Waals surface area contributed by atoms with Crippen molar-refractivity contribution in [2.45, 2.75) is 20.3 Å². The van der Waals surface area contributed by atoms with Crippen LogP contribution in [-0.2, 0) is 11.2 Å². The lowest BCUT2D eigenvalue weighted by Crippen LogP contribution is -2.21. The first-order valence-electron chi connectivity index (χ1n) is 7.14. The largest absolute Gasteiger partial charge is 0.506 e. The molecule has 22 heavy (non-hydrogen) atoms. The van der Waals surface area contributed by atoms with Gasteiger partial charge >= 0.3 is 5.97 Å². The third-order valence-electron chi connectivity index (χ3n) is 3.68. The number of benzene rings is 1. The molecule has 2 heterocycles. The van der Waals surface area contributed by atoms with E-state index in [9.17, 15) is 14.7 Å². The van der Waals surface area contributed by atoms with Gasteiger partial charge in [-0.2, -0.15) is 0 Å². The number of pyridine rings is 1. The molecule has 2 aromatic heterocycles. The van der Waals surface area contributed by atoms with Gasteiger partial charge in [-0.1, -0.05) is 19.1 Å². The number of imidazole rings is 1. The SMILES string of the molecule is CCOC(=O)c1c(O)c(CC)c(=O)n2c1[nH]c1ccccc12. The van der Waals surface area contributed by atoms with Gasteiger partial charge in [0.1, 0.15) is 17.0 Å². The number of carbonyl (C=O) groups is 1. The van der Waals surface area contributed by atoms with Crippen molar-refractivity contribution in [3.63, 3.8) is 0 Å². The molecule has 6 heteroatoms. The summed E-state index contributed by atoms with van der Waals surface area (Å²) >= 11 is 0. The van der Waals surface area contributed by atoms with Crippen LogP contribution in [0.1, 0.15) is 29.8 Å². The van der Waals surface area contributed by atoms with Crippen LogP contribution in [0.3, 0.4) is 0 Å². The Labute approximate surface area is 126 Å². The van der Waals surface area contributed by atoms with E-state index < -0.39 is 5.97 Å². The number of carbonyl (C=O) groups excluding carboxylic acids is 1. The van der Waals surface area contributed by atoms with E-state index in [-0.39, 0.29) is 34.7 Å². The minimum atomic E-state index is -0.654. The summed E-state index contributed by atoms with van der Waals surface area (Å²) in [5.74, 6) is -0.962. The summed E-state index contributed by atoms with van der Waals surface area (Å²) < 4.78 is 6.43. The number of hydrogen-bond acceptors (Lipinski definition) is 4. The number of para-hydroxylation sites is 2. The molecular formula is C16H16N2O4. The number of H-pyrrole nitrogens is 1. The number of nitrogens with one attached hydrogen (secondary N) is 1. The first-order valence-corrected chi connectivity index (χ1v) is 7.14. The van der Waals surface area contributed by atoms with Crippen LogP contribution in [0.5, 0.6) is 5.75 Å².